The van der Waals surface area contributed by atoms with Gasteiger partial charge in [0, 0.05) is 23.4 Å². The number of carbonyl (C=O) groups is 1. The number of benzene rings is 1. The zero-order valence-corrected chi connectivity index (χ0v) is 14.6. The molecule has 24 heavy (non-hydrogen) atoms. The minimum absolute atomic E-state index is 0.0180. The predicted molar refractivity (Wildman–Crippen MR) is 90.9 cm³/mol. The Morgan fingerprint density at radius 1 is 1.38 bits per heavy atom. The molecule has 1 heterocycles. The Labute approximate surface area is 141 Å². The predicted octanol–water partition coefficient (Wildman–Crippen LogP) is 2.91. The van der Waals surface area contributed by atoms with Crippen molar-refractivity contribution < 1.29 is 14.3 Å². The van der Waals surface area contributed by atoms with E-state index in [2.05, 4.69) is 10.4 Å². The summed E-state index contributed by atoms with van der Waals surface area (Å²) in [7, 11) is 0. The van der Waals surface area contributed by atoms with Crippen LogP contribution in [0, 0.1) is 19.7 Å². The highest BCUT2D eigenvalue weighted by atomic mass is 19.1. The fourth-order valence-electron chi connectivity index (χ4n) is 2.61. The third-order valence-corrected chi connectivity index (χ3v) is 4.31. The van der Waals surface area contributed by atoms with Crippen LogP contribution >= 0.6 is 0 Å². The van der Waals surface area contributed by atoms with Crippen LogP contribution in [-0.4, -0.2) is 32.9 Å². The van der Waals surface area contributed by atoms with E-state index >= 15 is 0 Å². The van der Waals surface area contributed by atoms with Crippen LogP contribution in [0.15, 0.2) is 24.3 Å². The smallest absolute Gasteiger partial charge is 0.251 e. The van der Waals surface area contributed by atoms with Crippen molar-refractivity contribution in [1.82, 2.24) is 15.1 Å². The molecule has 0 radical (unpaired) electrons. The minimum Gasteiger partial charge on any atom is -0.396 e. The number of aryl methyl sites for hydroxylation is 2. The third-order valence-electron chi connectivity index (χ3n) is 4.31. The van der Waals surface area contributed by atoms with E-state index in [0.29, 0.717) is 18.5 Å². The van der Waals surface area contributed by atoms with Gasteiger partial charge in [-0.3, -0.25) is 4.79 Å². The molecule has 1 aromatic carbocycles. The van der Waals surface area contributed by atoms with Crippen LogP contribution in [0.1, 0.15) is 48.4 Å². The summed E-state index contributed by atoms with van der Waals surface area (Å²) in [5.41, 5.74) is 1.67. The van der Waals surface area contributed by atoms with Crippen molar-refractivity contribution in [2.24, 2.45) is 0 Å². The SMILES string of the molecule is CCC(C)(CCO)NC(=O)c1ccc(-n2nc(C)cc2C)c(F)c1. The number of hydrogen-bond donors (Lipinski definition) is 2. The fraction of sp³-hybridized carbons (Fsp3) is 0.444. The molecule has 0 aliphatic heterocycles. The van der Waals surface area contributed by atoms with E-state index in [0.717, 1.165) is 11.4 Å². The first-order chi connectivity index (χ1) is 11.3. The Morgan fingerprint density at radius 2 is 2.08 bits per heavy atom. The maximum absolute atomic E-state index is 14.5. The van der Waals surface area contributed by atoms with E-state index < -0.39 is 11.4 Å². The summed E-state index contributed by atoms with van der Waals surface area (Å²) >= 11 is 0. The molecule has 0 spiro atoms. The van der Waals surface area contributed by atoms with Crippen LogP contribution in [0.4, 0.5) is 4.39 Å². The van der Waals surface area contributed by atoms with Gasteiger partial charge < -0.3 is 10.4 Å². The highest BCUT2D eigenvalue weighted by Crippen LogP contribution is 2.19. The van der Waals surface area contributed by atoms with Gasteiger partial charge >= 0.3 is 0 Å². The normalized spacial score (nSPS) is 13.6. The molecule has 0 saturated heterocycles. The van der Waals surface area contributed by atoms with E-state index in [1.807, 2.05) is 33.8 Å². The van der Waals surface area contributed by atoms with Crippen LogP contribution in [0.25, 0.3) is 5.69 Å². The van der Waals surface area contributed by atoms with Crippen LogP contribution in [0.3, 0.4) is 0 Å². The number of carbonyl (C=O) groups excluding carboxylic acids is 1. The van der Waals surface area contributed by atoms with Crippen molar-refractivity contribution in [2.75, 3.05) is 6.61 Å². The van der Waals surface area contributed by atoms with E-state index in [1.54, 1.807) is 12.1 Å². The lowest BCUT2D eigenvalue weighted by atomic mass is 9.94. The second-order valence-electron chi connectivity index (χ2n) is 6.35. The quantitative estimate of drug-likeness (QED) is 0.854. The molecule has 130 valence electrons. The maximum atomic E-state index is 14.5. The number of aromatic nitrogens is 2. The number of amides is 1. The Hall–Kier alpha value is -2.21. The van der Waals surface area contributed by atoms with Gasteiger partial charge in [0.25, 0.3) is 5.91 Å². The molecule has 1 atom stereocenters. The van der Waals surface area contributed by atoms with E-state index in [9.17, 15) is 9.18 Å². The lowest BCUT2D eigenvalue weighted by Crippen LogP contribution is -2.46. The first kappa shape index (κ1) is 18.1. The number of hydrogen-bond acceptors (Lipinski definition) is 3. The first-order valence-electron chi connectivity index (χ1n) is 8.06. The Morgan fingerprint density at radius 3 is 2.58 bits per heavy atom. The summed E-state index contributed by atoms with van der Waals surface area (Å²) < 4.78 is 16.0. The highest BCUT2D eigenvalue weighted by molar-refractivity contribution is 5.94. The van der Waals surface area contributed by atoms with Crippen LogP contribution < -0.4 is 5.32 Å². The summed E-state index contributed by atoms with van der Waals surface area (Å²) in [6, 6.07) is 6.22. The van der Waals surface area contributed by atoms with Gasteiger partial charge in [-0.2, -0.15) is 5.10 Å². The zero-order valence-electron chi connectivity index (χ0n) is 14.6. The molecule has 0 aliphatic carbocycles. The van der Waals surface area contributed by atoms with Crippen LogP contribution in [-0.2, 0) is 0 Å². The molecule has 2 N–H and O–H groups in total. The average Bonchev–Trinajstić information content (AvgIpc) is 2.85. The standard InChI is InChI=1S/C18H24FN3O2/c1-5-18(4,8-9-23)20-17(24)14-6-7-16(15(19)11-14)22-13(3)10-12(2)21-22/h6-7,10-11,23H,5,8-9H2,1-4H3,(H,20,24). The van der Waals surface area contributed by atoms with Gasteiger partial charge in [0.05, 0.1) is 5.69 Å². The van der Waals surface area contributed by atoms with Gasteiger partial charge in [-0.1, -0.05) is 6.92 Å². The molecular weight excluding hydrogens is 309 g/mol. The summed E-state index contributed by atoms with van der Waals surface area (Å²) in [5.74, 6) is -0.860. The average molecular weight is 333 g/mol. The van der Waals surface area contributed by atoms with Crippen molar-refractivity contribution in [1.29, 1.82) is 0 Å². The molecular formula is C18H24FN3O2. The molecule has 1 unspecified atom stereocenters. The maximum Gasteiger partial charge on any atom is 0.251 e. The molecule has 5 nitrogen and oxygen atoms in total. The van der Waals surface area contributed by atoms with Crippen molar-refractivity contribution in [2.45, 2.75) is 46.1 Å². The Balaban J connectivity index is 2.26. The number of nitrogens with zero attached hydrogens (tertiary/aromatic N) is 2. The molecule has 6 heteroatoms. The lowest BCUT2D eigenvalue weighted by Gasteiger charge is -2.29. The van der Waals surface area contributed by atoms with Gasteiger partial charge in [0.2, 0.25) is 0 Å². The molecule has 2 rings (SSSR count). The largest absolute Gasteiger partial charge is 0.396 e. The Bertz CT molecular complexity index is 742. The van der Waals surface area contributed by atoms with Gasteiger partial charge in [-0.15, -0.1) is 0 Å². The molecule has 0 fully saturated rings. The second-order valence-corrected chi connectivity index (χ2v) is 6.35. The van der Waals surface area contributed by atoms with Gasteiger partial charge in [-0.05, 0) is 57.9 Å². The zero-order chi connectivity index (χ0) is 17.9. The number of aliphatic hydroxyl groups is 1. The topological polar surface area (TPSA) is 67.2 Å². The summed E-state index contributed by atoms with van der Waals surface area (Å²) in [6.07, 6.45) is 1.12. The van der Waals surface area contributed by atoms with Crippen LogP contribution in [0.2, 0.25) is 0 Å². The summed E-state index contributed by atoms with van der Waals surface area (Å²) in [4.78, 5) is 12.4. The van der Waals surface area contributed by atoms with E-state index in [4.69, 9.17) is 5.11 Å². The van der Waals surface area contributed by atoms with Crippen molar-refractivity contribution in [3.8, 4) is 5.69 Å². The van der Waals surface area contributed by atoms with Crippen molar-refractivity contribution in [3.05, 3.63) is 47.0 Å². The molecule has 1 aromatic heterocycles. The summed E-state index contributed by atoms with van der Waals surface area (Å²) in [6.45, 7) is 7.47. The Kier molecular flexibility index (Phi) is 5.39. The minimum atomic E-state index is -0.517. The number of halogens is 1. The highest BCUT2D eigenvalue weighted by Gasteiger charge is 2.24. The molecule has 0 saturated carbocycles. The second kappa shape index (κ2) is 7.13. The molecule has 0 bridgehead atoms. The molecule has 0 aliphatic rings. The number of rotatable bonds is 6. The monoisotopic (exact) mass is 333 g/mol. The van der Waals surface area contributed by atoms with Crippen LogP contribution in [0.5, 0.6) is 0 Å². The van der Waals surface area contributed by atoms with Gasteiger partial charge in [-0.25, -0.2) is 9.07 Å². The first-order valence-corrected chi connectivity index (χ1v) is 8.06. The van der Waals surface area contributed by atoms with Gasteiger partial charge in [0.1, 0.15) is 11.5 Å². The van der Waals surface area contributed by atoms with Gasteiger partial charge in [0.15, 0.2) is 0 Å². The number of nitrogens with one attached hydrogen (secondary N) is 1. The van der Waals surface area contributed by atoms with Crippen molar-refractivity contribution in [3.63, 3.8) is 0 Å². The molecule has 1 amide bonds. The van der Waals surface area contributed by atoms with Crippen molar-refractivity contribution >= 4 is 5.91 Å². The number of aliphatic hydroxyl groups excluding tert-OH is 1. The van der Waals surface area contributed by atoms with E-state index in [-0.39, 0.29) is 18.1 Å². The third kappa shape index (κ3) is 3.82. The summed E-state index contributed by atoms with van der Waals surface area (Å²) in [5, 5.41) is 16.3. The lowest BCUT2D eigenvalue weighted by molar-refractivity contribution is 0.0885. The fourth-order valence-corrected chi connectivity index (χ4v) is 2.61. The molecule has 2 aromatic rings. The van der Waals surface area contributed by atoms with E-state index in [1.165, 1.54) is 10.7 Å².